The highest BCUT2D eigenvalue weighted by Gasteiger charge is 2.02. The molecule has 0 aromatic rings. The Kier molecular flexibility index (Phi) is 35.5. The Labute approximate surface area is 253 Å². The van der Waals surface area contributed by atoms with Crippen molar-refractivity contribution < 1.29 is 9.53 Å². The van der Waals surface area contributed by atoms with Crippen LogP contribution in [-0.2, 0) is 9.53 Å². The van der Waals surface area contributed by atoms with Crippen LogP contribution in [0.2, 0.25) is 0 Å². The van der Waals surface area contributed by atoms with Crippen LogP contribution in [0.1, 0.15) is 219 Å². The van der Waals surface area contributed by atoms with Gasteiger partial charge in [0.1, 0.15) is 0 Å². The second kappa shape index (κ2) is 36.2. The van der Waals surface area contributed by atoms with Crippen molar-refractivity contribution in [2.24, 2.45) is 0 Å². The van der Waals surface area contributed by atoms with Gasteiger partial charge in [-0.1, -0.05) is 187 Å². The SMILES string of the molecule is CCCCCCCCC/C=C\CCCCCCCC(=O)OCCCCCCCCCCCCCCCCCCC. The van der Waals surface area contributed by atoms with Crippen molar-refractivity contribution in [3.63, 3.8) is 0 Å². The summed E-state index contributed by atoms with van der Waals surface area (Å²) in [4.78, 5) is 11.9. The maximum Gasteiger partial charge on any atom is 0.305 e. The fourth-order valence-corrected chi connectivity index (χ4v) is 5.60. The second-order valence-corrected chi connectivity index (χ2v) is 12.6. The molecular formula is C38H74O2. The van der Waals surface area contributed by atoms with Gasteiger partial charge in [0.15, 0.2) is 0 Å². The maximum absolute atomic E-state index is 11.9. The van der Waals surface area contributed by atoms with Crippen molar-refractivity contribution in [1.82, 2.24) is 0 Å². The monoisotopic (exact) mass is 563 g/mol. The van der Waals surface area contributed by atoms with Crippen LogP contribution in [0.4, 0.5) is 0 Å². The van der Waals surface area contributed by atoms with Gasteiger partial charge in [0.25, 0.3) is 0 Å². The van der Waals surface area contributed by atoms with Crippen LogP contribution in [-0.4, -0.2) is 12.6 Å². The number of ether oxygens (including phenoxy) is 1. The van der Waals surface area contributed by atoms with Gasteiger partial charge in [-0.25, -0.2) is 0 Å². The Hall–Kier alpha value is -0.790. The lowest BCUT2D eigenvalue weighted by atomic mass is 10.0. The molecule has 0 N–H and O–H groups in total. The van der Waals surface area contributed by atoms with Crippen LogP contribution in [0.15, 0.2) is 12.2 Å². The van der Waals surface area contributed by atoms with Crippen LogP contribution >= 0.6 is 0 Å². The van der Waals surface area contributed by atoms with Crippen LogP contribution in [0.3, 0.4) is 0 Å². The van der Waals surface area contributed by atoms with Gasteiger partial charge in [0.05, 0.1) is 6.61 Å². The lowest BCUT2D eigenvalue weighted by Gasteiger charge is -2.05. The Morgan fingerprint density at radius 2 is 0.700 bits per heavy atom. The van der Waals surface area contributed by atoms with E-state index in [2.05, 4.69) is 26.0 Å². The fraction of sp³-hybridized carbons (Fsp3) is 0.921. The number of allylic oxidation sites excluding steroid dienone is 2. The molecule has 0 amide bonds. The van der Waals surface area contributed by atoms with Crippen molar-refractivity contribution in [3.05, 3.63) is 12.2 Å². The second-order valence-electron chi connectivity index (χ2n) is 12.6. The molecule has 0 aromatic heterocycles. The highest BCUT2D eigenvalue weighted by atomic mass is 16.5. The third kappa shape index (κ3) is 35.2. The highest BCUT2D eigenvalue weighted by molar-refractivity contribution is 5.69. The number of hydrogen-bond donors (Lipinski definition) is 0. The van der Waals surface area contributed by atoms with E-state index >= 15 is 0 Å². The van der Waals surface area contributed by atoms with Gasteiger partial charge in [0, 0.05) is 6.42 Å². The van der Waals surface area contributed by atoms with E-state index in [1.807, 2.05) is 0 Å². The average Bonchev–Trinajstić information content (AvgIpc) is 2.96. The van der Waals surface area contributed by atoms with Gasteiger partial charge < -0.3 is 4.74 Å². The summed E-state index contributed by atoms with van der Waals surface area (Å²) >= 11 is 0. The summed E-state index contributed by atoms with van der Waals surface area (Å²) in [6.45, 7) is 5.20. The van der Waals surface area contributed by atoms with Gasteiger partial charge in [0.2, 0.25) is 0 Å². The van der Waals surface area contributed by atoms with Gasteiger partial charge >= 0.3 is 5.97 Å². The minimum Gasteiger partial charge on any atom is -0.466 e. The molecule has 0 aliphatic heterocycles. The zero-order chi connectivity index (χ0) is 29.0. The highest BCUT2D eigenvalue weighted by Crippen LogP contribution is 2.15. The summed E-state index contributed by atoms with van der Waals surface area (Å²) in [5.41, 5.74) is 0. The fourth-order valence-electron chi connectivity index (χ4n) is 5.60. The summed E-state index contributed by atoms with van der Waals surface area (Å²) in [5.74, 6) is 0.0183. The summed E-state index contributed by atoms with van der Waals surface area (Å²) in [6.07, 6.45) is 47.1. The van der Waals surface area contributed by atoms with E-state index in [1.54, 1.807) is 0 Å². The number of hydrogen-bond acceptors (Lipinski definition) is 2. The lowest BCUT2D eigenvalue weighted by molar-refractivity contribution is -0.143. The van der Waals surface area contributed by atoms with E-state index in [0.29, 0.717) is 13.0 Å². The van der Waals surface area contributed by atoms with Gasteiger partial charge in [-0.2, -0.15) is 0 Å². The number of unbranched alkanes of at least 4 members (excludes halogenated alkanes) is 28. The molecule has 0 bridgehead atoms. The average molecular weight is 563 g/mol. The zero-order valence-electron chi connectivity index (χ0n) is 27.8. The smallest absolute Gasteiger partial charge is 0.305 e. The Balaban J connectivity index is 3.18. The quantitative estimate of drug-likeness (QED) is 0.0443. The Morgan fingerprint density at radius 1 is 0.400 bits per heavy atom. The molecular weight excluding hydrogens is 488 g/mol. The summed E-state index contributed by atoms with van der Waals surface area (Å²) in [5, 5.41) is 0. The summed E-state index contributed by atoms with van der Waals surface area (Å²) < 4.78 is 5.44. The lowest BCUT2D eigenvalue weighted by Crippen LogP contribution is -2.05. The van der Waals surface area contributed by atoms with Crippen LogP contribution in [0, 0.1) is 0 Å². The van der Waals surface area contributed by atoms with Crippen molar-refractivity contribution >= 4 is 5.97 Å². The maximum atomic E-state index is 11.9. The van der Waals surface area contributed by atoms with Crippen molar-refractivity contribution in [2.75, 3.05) is 6.61 Å². The molecule has 2 heteroatoms. The van der Waals surface area contributed by atoms with Crippen molar-refractivity contribution in [1.29, 1.82) is 0 Å². The standard InChI is InChI=1S/C38H74O2/c1-3-5-7-9-11-13-15-17-19-21-23-25-27-29-31-33-35-37-40-38(39)36-34-32-30-28-26-24-22-20-18-16-14-12-10-8-6-4-2/h20,22H,3-19,21,23-37H2,1-2H3/b22-20-. The molecule has 0 aromatic carbocycles. The first-order valence-corrected chi connectivity index (χ1v) is 18.6. The normalized spacial score (nSPS) is 11.6. The number of carbonyl (C=O) groups excluding carboxylic acids is 1. The zero-order valence-corrected chi connectivity index (χ0v) is 27.8. The molecule has 0 fully saturated rings. The molecule has 238 valence electrons. The molecule has 0 heterocycles. The number of rotatable bonds is 34. The van der Waals surface area contributed by atoms with Crippen molar-refractivity contribution in [2.45, 2.75) is 219 Å². The molecule has 0 atom stereocenters. The molecule has 0 rings (SSSR count). The molecule has 0 unspecified atom stereocenters. The first-order chi connectivity index (χ1) is 19.8. The van der Waals surface area contributed by atoms with Crippen LogP contribution in [0.25, 0.3) is 0 Å². The minimum absolute atomic E-state index is 0.0183. The molecule has 40 heavy (non-hydrogen) atoms. The molecule has 0 saturated carbocycles. The van der Waals surface area contributed by atoms with Gasteiger partial charge in [-0.15, -0.1) is 0 Å². The number of carbonyl (C=O) groups is 1. The first kappa shape index (κ1) is 39.2. The van der Waals surface area contributed by atoms with E-state index in [0.717, 1.165) is 19.3 Å². The van der Waals surface area contributed by atoms with E-state index in [9.17, 15) is 4.79 Å². The molecule has 0 aliphatic carbocycles. The van der Waals surface area contributed by atoms with E-state index in [1.165, 1.54) is 180 Å². The molecule has 0 saturated heterocycles. The molecule has 0 radical (unpaired) electrons. The van der Waals surface area contributed by atoms with Crippen LogP contribution in [0.5, 0.6) is 0 Å². The van der Waals surface area contributed by atoms with Gasteiger partial charge in [-0.3, -0.25) is 4.79 Å². The summed E-state index contributed by atoms with van der Waals surface area (Å²) in [6, 6.07) is 0. The third-order valence-corrected chi connectivity index (χ3v) is 8.40. The predicted octanol–water partition coefficient (Wildman–Crippen LogP) is 13.6. The Bertz CT molecular complexity index is 498. The van der Waals surface area contributed by atoms with E-state index in [-0.39, 0.29) is 5.97 Å². The van der Waals surface area contributed by atoms with E-state index in [4.69, 9.17) is 4.74 Å². The topological polar surface area (TPSA) is 26.3 Å². The van der Waals surface area contributed by atoms with Crippen molar-refractivity contribution in [3.8, 4) is 0 Å². The Morgan fingerprint density at radius 3 is 1.07 bits per heavy atom. The largest absolute Gasteiger partial charge is 0.466 e. The minimum atomic E-state index is 0.0183. The predicted molar refractivity (Wildman–Crippen MR) is 179 cm³/mol. The van der Waals surface area contributed by atoms with Crippen LogP contribution < -0.4 is 0 Å². The van der Waals surface area contributed by atoms with E-state index < -0.39 is 0 Å². The third-order valence-electron chi connectivity index (χ3n) is 8.40. The number of esters is 1. The summed E-state index contributed by atoms with van der Waals surface area (Å²) in [7, 11) is 0. The molecule has 2 nitrogen and oxygen atoms in total. The first-order valence-electron chi connectivity index (χ1n) is 18.6. The van der Waals surface area contributed by atoms with Gasteiger partial charge in [-0.05, 0) is 38.5 Å². The molecule has 0 aliphatic rings. The molecule has 0 spiro atoms.